The summed E-state index contributed by atoms with van der Waals surface area (Å²) in [7, 11) is 0. The average molecular weight is 354 g/mol. The van der Waals surface area contributed by atoms with Crippen molar-refractivity contribution in [2.24, 2.45) is 5.92 Å². The van der Waals surface area contributed by atoms with E-state index in [1.807, 2.05) is 31.2 Å². The lowest BCUT2D eigenvalue weighted by Gasteiger charge is -2.17. The van der Waals surface area contributed by atoms with Gasteiger partial charge in [0.2, 0.25) is 0 Å². The molecule has 3 aromatic rings. The van der Waals surface area contributed by atoms with Crippen molar-refractivity contribution in [1.29, 1.82) is 0 Å². The van der Waals surface area contributed by atoms with Crippen LogP contribution in [0, 0.1) is 5.92 Å². The Morgan fingerprint density at radius 1 is 1.36 bits per heavy atom. The lowest BCUT2D eigenvalue weighted by Crippen LogP contribution is -2.22. The first-order chi connectivity index (χ1) is 12.2. The Kier molecular flexibility index (Phi) is 4.34. The van der Waals surface area contributed by atoms with E-state index in [0.717, 1.165) is 40.8 Å². The molecular formula is C20H22N2O2S. The largest absolute Gasteiger partial charge is 0.494 e. The number of hydrogen-bond acceptors (Lipinski definition) is 4. The number of fused-ring (bicyclic) bond motifs is 3. The summed E-state index contributed by atoms with van der Waals surface area (Å²) in [6, 6.07) is 7.88. The second-order valence-corrected chi connectivity index (χ2v) is 7.83. The van der Waals surface area contributed by atoms with Crippen LogP contribution in [0.3, 0.4) is 0 Å². The van der Waals surface area contributed by atoms with Crippen molar-refractivity contribution >= 4 is 21.6 Å². The van der Waals surface area contributed by atoms with Gasteiger partial charge in [0.1, 0.15) is 10.6 Å². The zero-order valence-corrected chi connectivity index (χ0v) is 15.4. The number of ether oxygens (including phenoxy) is 1. The van der Waals surface area contributed by atoms with Gasteiger partial charge >= 0.3 is 0 Å². The van der Waals surface area contributed by atoms with Crippen molar-refractivity contribution in [2.45, 2.75) is 39.7 Å². The number of aromatic nitrogens is 2. The lowest BCUT2D eigenvalue weighted by atomic mass is 9.89. The summed E-state index contributed by atoms with van der Waals surface area (Å²) in [5.41, 5.74) is 2.32. The summed E-state index contributed by atoms with van der Waals surface area (Å²) in [6.45, 7) is 5.34. The van der Waals surface area contributed by atoms with Crippen LogP contribution in [-0.2, 0) is 19.4 Å². The van der Waals surface area contributed by atoms with Gasteiger partial charge in [-0.05, 0) is 43.7 Å². The summed E-state index contributed by atoms with van der Waals surface area (Å²) in [4.78, 5) is 19.9. The van der Waals surface area contributed by atoms with E-state index in [2.05, 4.69) is 11.9 Å². The van der Waals surface area contributed by atoms with E-state index in [4.69, 9.17) is 4.74 Å². The molecule has 0 bridgehead atoms. The second kappa shape index (κ2) is 6.64. The maximum Gasteiger partial charge on any atom is 0.262 e. The van der Waals surface area contributed by atoms with Gasteiger partial charge < -0.3 is 4.74 Å². The Balaban J connectivity index is 1.77. The Labute approximate surface area is 151 Å². The molecule has 4 rings (SSSR count). The third-order valence-corrected chi connectivity index (χ3v) is 6.06. The monoisotopic (exact) mass is 354 g/mol. The third kappa shape index (κ3) is 2.97. The molecule has 25 heavy (non-hydrogen) atoms. The van der Waals surface area contributed by atoms with E-state index in [-0.39, 0.29) is 5.56 Å². The number of benzene rings is 1. The van der Waals surface area contributed by atoms with Crippen LogP contribution in [0.15, 0.2) is 35.4 Å². The quantitative estimate of drug-likeness (QED) is 0.710. The molecule has 1 aromatic carbocycles. The first-order valence-electron chi connectivity index (χ1n) is 8.87. The fourth-order valence-corrected chi connectivity index (χ4v) is 4.93. The van der Waals surface area contributed by atoms with Gasteiger partial charge in [0.15, 0.2) is 0 Å². The predicted molar refractivity (Wildman–Crippen MR) is 102 cm³/mol. The molecule has 0 saturated carbocycles. The van der Waals surface area contributed by atoms with Crippen molar-refractivity contribution in [3.63, 3.8) is 0 Å². The minimum atomic E-state index is 0.0726. The number of hydrogen-bond donors (Lipinski definition) is 0. The molecule has 1 atom stereocenters. The number of aryl methyl sites for hydroxylation is 1. The SMILES string of the molecule is CCOc1ccccc1Cn1cnc2sc3c(c2c1=O)CC[C@@H](C)C3. The average Bonchev–Trinajstić information content (AvgIpc) is 2.97. The van der Waals surface area contributed by atoms with E-state index >= 15 is 0 Å². The highest BCUT2D eigenvalue weighted by Crippen LogP contribution is 2.35. The van der Waals surface area contributed by atoms with E-state index in [1.54, 1.807) is 22.2 Å². The van der Waals surface area contributed by atoms with Gasteiger partial charge in [0.25, 0.3) is 5.56 Å². The maximum absolute atomic E-state index is 13.1. The summed E-state index contributed by atoms with van der Waals surface area (Å²) >= 11 is 1.69. The van der Waals surface area contributed by atoms with Crippen molar-refractivity contribution in [1.82, 2.24) is 9.55 Å². The van der Waals surface area contributed by atoms with Crippen LogP contribution < -0.4 is 10.3 Å². The Bertz CT molecular complexity index is 973. The lowest BCUT2D eigenvalue weighted by molar-refractivity contribution is 0.335. The normalized spacial score (nSPS) is 16.8. The number of para-hydroxylation sites is 1. The van der Waals surface area contributed by atoms with Crippen LogP contribution in [0.5, 0.6) is 5.75 Å². The molecule has 0 saturated heterocycles. The van der Waals surface area contributed by atoms with Crippen LogP contribution in [0.1, 0.15) is 36.3 Å². The fraction of sp³-hybridized carbons (Fsp3) is 0.400. The van der Waals surface area contributed by atoms with Gasteiger partial charge in [-0.2, -0.15) is 0 Å². The molecule has 1 aliphatic carbocycles. The molecule has 0 amide bonds. The van der Waals surface area contributed by atoms with E-state index in [1.165, 1.54) is 10.4 Å². The molecule has 0 spiro atoms. The van der Waals surface area contributed by atoms with E-state index in [9.17, 15) is 4.79 Å². The highest BCUT2D eigenvalue weighted by atomic mass is 32.1. The predicted octanol–water partition coefficient (Wildman–Crippen LogP) is 4.03. The standard InChI is InChI=1S/C20H22N2O2S/c1-3-24-16-7-5-4-6-14(16)11-22-12-21-19-18(20(22)23)15-9-8-13(2)10-17(15)25-19/h4-7,12-13H,3,8-11H2,1-2H3/t13-/m1/s1. The maximum atomic E-state index is 13.1. The number of nitrogens with zero attached hydrogens (tertiary/aromatic N) is 2. The summed E-state index contributed by atoms with van der Waals surface area (Å²) in [6.07, 6.45) is 4.90. The van der Waals surface area contributed by atoms with E-state index in [0.29, 0.717) is 19.1 Å². The van der Waals surface area contributed by atoms with Crippen LogP contribution in [0.25, 0.3) is 10.2 Å². The van der Waals surface area contributed by atoms with Gasteiger partial charge in [0.05, 0.1) is 24.9 Å². The fourth-order valence-electron chi connectivity index (χ4n) is 3.59. The number of rotatable bonds is 4. The van der Waals surface area contributed by atoms with Crippen LogP contribution >= 0.6 is 11.3 Å². The molecule has 130 valence electrons. The molecule has 2 heterocycles. The minimum Gasteiger partial charge on any atom is -0.494 e. The minimum absolute atomic E-state index is 0.0726. The molecule has 0 aliphatic heterocycles. The summed E-state index contributed by atoms with van der Waals surface area (Å²) in [5.74, 6) is 1.53. The smallest absolute Gasteiger partial charge is 0.262 e. The Morgan fingerprint density at radius 2 is 2.20 bits per heavy atom. The molecule has 5 heteroatoms. The summed E-state index contributed by atoms with van der Waals surface area (Å²) < 4.78 is 7.40. The molecular weight excluding hydrogens is 332 g/mol. The van der Waals surface area contributed by atoms with Crippen molar-refractivity contribution < 1.29 is 4.74 Å². The molecule has 1 aliphatic rings. The van der Waals surface area contributed by atoms with Crippen LogP contribution in [0.4, 0.5) is 0 Å². The van der Waals surface area contributed by atoms with Gasteiger partial charge in [-0.3, -0.25) is 9.36 Å². The van der Waals surface area contributed by atoms with Crippen molar-refractivity contribution in [3.05, 3.63) is 57.0 Å². The zero-order chi connectivity index (χ0) is 17.4. The second-order valence-electron chi connectivity index (χ2n) is 6.75. The third-order valence-electron chi connectivity index (χ3n) is 4.90. The highest BCUT2D eigenvalue weighted by molar-refractivity contribution is 7.18. The molecule has 0 N–H and O–H groups in total. The molecule has 0 fully saturated rings. The molecule has 0 unspecified atom stereocenters. The number of thiophene rings is 1. The van der Waals surface area contributed by atoms with Crippen LogP contribution in [-0.4, -0.2) is 16.2 Å². The van der Waals surface area contributed by atoms with E-state index < -0.39 is 0 Å². The zero-order valence-electron chi connectivity index (χ0n) is 14.6. The van der Waals surface area contributed by atoms with Gasteiger partial charge in [-0.25, -0.2) is 4.98 Å². The highest BCUT2D eigenvalue weighted by Gasteiger charge is 2.23. The van der Waals surface area contributed by atoms with Gasteiger partial charge in [-0.15, -0.1) is 11.3 Å². The van der Waals surface area contributed by atoms with Crippen molar-refractivity contribution in [2.75, 3.05) is 6.61 Å². The van der Waals surface area contributed by atoms with Gasteiger partial charge in [0, 0.05) is 10.4 Å². The first kappa shape index (κ1) is 16.3. The molecule has 0 radical (unpaired) electrons. The van der Waals surface area contributed by atoms with Gasteiger partial charge in [-0.1, -0.05) is 25.1 Å². The molecule has 2 aromatic heterocycles. The Hall–Kier alpha value is -2.14. The summed E-state index contributed by atoms with van der Waals surface area (Å²) in [5, 5.41) is 0.836. The Morgan fingerprint density at radius 3 is 3.04 bits per heavy atom. The van der Waals surface area contributed by atoms with Crippen molar-refractivity contribution in [3.8, 4) is 5.75 Å². The molecule has 4 nitrogen and oxygen atoms in total. The topological polar surface area (TPSA) is 44.1 Å². The first-order valence-corrected chi connectivity index (χ1v) is 9.69. The van der Waals surface area contributed by atoms with Crippen LogP contribution in [0.2, 0.25) is 0 Å².